The molecule has 0 radical (unpaired) electrons. The minimum absolute atomic E-state index is 0.281. The second-order valence-electron chi connectivity index (χ2n) is 6.15. The van der Waals surface area contributed by atoms with Crippen LogP contribution in [0.15, 0.2) is 0 Å². The van der Waals surface area contributed by atoms with E-state index in [9.17, 15) is 4.79 Å². The topological polar surface area (TPSA) is 30.0 Å². The van der Waals surface area contributed by atoms with Crippen LogP contribution in [0, 0.1) is 5.92 Å². The fraction of sp³-hybridized carbons (Fsp3) is 0.923. The molecular weight excluding hydrogens is 228 g/mol. The third kappa shape index (κ3) is 2.27. The van der Waals surface area contributed by atoms with Crippen LogP contribution in [0.2, 0.25) is 0 Å². The van der Waals surface area contributed by atoms with Gasteiger partial charge in [0.15, 0.2) is 0 Å². The van der Waals surface area contributed by atoms with Gasteiger partial charge in [-0.3, -0.25) is 9.69 Å². The van der Waals surface area contributed by atoms with Gasteiger partial charge in [-0.25, -0.2) is 0 Å². The molecule has 0 aromatic carbocycles. The van der Waals surface area contributed by atoms with E-state index in [1.54, 1.807) is 0 Å². The second kappa shape index (κ2) is 4.79. The lowest BCUT2D eigenvalue weighted by Gasteiger charge is -2.50. The second-order valence-corrected chi connectivity index (χ2v) is 6.15. The van der Waals surface area contributed by atoms with Crippen molar-refractivity contribution in [3.8, 4) is 0 Å². The van der Waals surface area contributed by atoms with Crippen LogP contribution in [0.3, 0.4) is 0 Å². The molecule has 0 aliphatic carbocycles. The molecule has 0 atom stereocenters. The number of hydrogen-bond donors (Lipinski definition) is 0. The van der Waals surface area contributed by atoms with E-state index < -0.39 is 0 Å². The molecule has 18 heavy (non-hydrogen) atoms. The monoisotopic (exact) mass is 252 g/mol. The zero-order valence-electron chi connectivity index (χ0n) is 11.5. The van der Waals surface area contributed by atoms with Crippen molar-refractivity contribution in [1.82, 2.24) is 19.6 Å². The van der Waals surface area contributed by atoms with Crippen molar-refractivity contribution in [1.29, 1.82) is 0 Å². The minimum Gasteiger partial charge on any atom is -0.339 e. The van der Waals surface area contributed by atoms with Gasteiger partial charge in [0.25, 0.3) is 0 Å². The van der Waals surface area contributed by atoms with Crippen molar-refractivity contribution in [2.45, 2.75) is 6.04 Å². The number of carbonyl (C=O) groups excluding carboxylic acids is 1. The average molecular weight is 252 g/mol. The molecule has 0 spiro atoms. The van der Waals surface area contributed by atoms with Gasteiger partial charge >= 0.3 is 0 Å². The van der Waals surface area contributed by atoms with Crippen molar-refractivity contribution >= 4 is 5.91 Å². The van der Waals surface area contributed by atoms with Crippen molar-refractivity contribution in [2.24, 2.45) is 5.92 Å². The Morgan fingerprint density at radius 3 is 2.06 bits per heavy atom. The SMILES string of the molecule is CN1CCN(C2CN(C(=O)C3CN(C)C3)C2)CC1. The third-order valence-electron chi connectivity index (χ3n) is 4.64. The van der Waals surface area contributed by atoms with Gasteiger partial charge in [-0.2, -0.15) is 0 Å². The van der Waals surface area contributed by atoms with Crippen LogP contribution in [0.1, 0.15) is 0 Å². The molecule has 0 bridgehead atoms. The number of piperazine rings is 1. The van der Waals surface area contributed by atoms with Crippen molar-refractivity contribution in [3.05, 3.63) is 0 Å². The van der Waals surface area contributed by atoms with Gasteiger partial charge in [0.2, 0.25) is 5.91 Å². The fourth-order valence-corrected chi connectivity index (χ4v) is 3.17. The Hall–Kier alpha value is -0.650. The van der Waals surface area contributed by atoms with E-state index in [0.717, 1.165) is 52.4 Å². The summed E-state index contributed by atoms with van der Waals surface area (Å²) in [6.45, 7) is 8.48. The Morgan fingerprint density at radius 2 is 1.50 bits per heavy atom. The zero-order valence-corrected chi connectivity index (χ0v) is 11.5. The van der Waals surface area contributed by atoms with Crippen LogP contribution >= 0.6 is 0 Å². The van der Waals surface area contributed by atoms with Gasteiger partial charge in [0, 0.05) is 58.4 Å². The molecule has 3 aliphatic rings. The first-order valence-electron chi connectivity index (χ1n) is 7.03. The molecule has 0 saturated carbocycles. The van der Waals surface area contributed by atoms with Gasteiger partial charge < -0.3 is 14.7 Å². The van der Waals surface area contributed by atoms with Gasteiger partial charge in [0.05, 0.1) is 5.92 Å². The van der Waals surface area contributed by atoms with E-state index in [4.69, 9.17) is 0 Å². The molecule has 0 unspecified atom stereocenters. The standard InChI is InChI=1S/C13H24N4O/c1-14-3-5-16(6-4-14)12-9-17(10-12)13(18)11-7-15(2)8-11/h11-12H,3-10H2,1-2H3. The van der Waals surface area contributed by atoms with E-state index in [1.165, 1.54) is 0 Å². The first-order valence-corrected chi connectivity index (χ1v) is 7.03. The molecule has 3 heterocycles. The Labute approximate surface area is 109 Å². The summed E-state index contributed by atoms with van der Waals surface area (Å²) in [4.78, 5) is 21.3. The van der Waals surface area contributed by atoms with E-state index in [1.807, 2.05) is 0 Å². The number of rotatable bonds is 2. The number of likely N-dealkylation sites (N-methyl/N-ethyl adjacent to an activating group) is 1. The highest BCUT2D eigenvalue weighted by Crippen LogP contribution is 2.22. The molecule has 0 aromatic rings. The van der Waals surface area contributed by atoms with Crippen molar-refractivity contribution in [3.63, 3.8) is 0 Å². The van der Waals surface area contributed by atoms with Gasteiger partial charge in [0.1, 0.15) is 0 Å². The smallest absolute Gasteiger partial charge is 0.228 e. The molecule has 1 amide bonds. The number of carbonyl (C=O) groups is 1. The van der Waals surface area contributed by atoms with Crippen LogP contribution in [0.25, 0.3) is 0 Å². The Balaban J connectivity index is 1.41. The fourth-order valence-electron chi connectivity index (χ4n) is 3.17. The number of amides is 1. The molecule has 102 valence electrons. The van der Waals surface area contributed by atoms with Gasteiger partial charge in [-0.15, -0.1) is 0 Å². The van der Waals surface area contributed by atoms with Crippen LogP contribution in [0.4, 0.5) is 0 Å². The van der Waals surface area contributed by atoms with E-state index in [0.29, 0.717) is 11.9 Å². The zero-order chi connectivity index (χ0) is 12.7. The van der Waals surface area contributed by atoms with Gasteiger partial charge in [-0.05, 0) is 14.1 Å². The van der Waals surface area contributed by atoms with E-state index >= 15 is 0 Å². The minimum atomic E-state index is 0.281. The molecule has 3 aliphatic heterocycles. The Morgan fingerprint density at radius 1 is 0.889 bits per heavy atom. The molecule has 5 heteroatoms. The summed E-state index contributed by atoms with van der Waals surface area (Å²) in [7, 11) is 4.26. The summed E-state index contributed by atoms with van der Waals surface area (Å²) < 4.78 is 0. The Bertz CT molecular complexity index is 315. The molecule has 0 N–H and O–H groups in total. The van der Waals surface area contributed by atoms with Crippen LogP contribution < -0.4 is 0 Å². The molecule has 0 aromatic heterocycles. The molecule has 5 nitrogen and oxygen atoms in total. The molecule has 3 saturated heterocycles. The maximum Gasteiger partial charge on any atom is 0.228 e. The quantitative estimate of drug-likeness (QED) is 0.631. The maximum absolute atomic E-state index is 12.1. The number of likely N-dealkylation sites (tertiary alicyclic amines) is 2. The summed E-state index contributed by atoms with van der Waals surface area (Å²) in [6.07, 6.45) is 0. The van der Waals surface area contributed by atoms with E-state index in [2.05, 4.69) is 33.7 Å². The van der Waals surface area contributed by atoms with Crippen LogP contribution in [-0.2, 0) is 4.79 Å². The predicted octanol–water partition coefficient (Wildman–Crippen LogP) is -0.994. The lowest BCUT2D eigenvalue weighted by Crippen LogP contribution is -2.66. The van der Waals surface area contributed by atoms with Crippen molar-refractivity contribution in [2.75, 3.05) is 66.5 Å². The summed E-state index contributed by atoms with van der Waals surface area (Å²) in [5.41, 5.74) is 0. The summed E-state index contributed by atoms with van der Waals surface area (Å²) >= 11 is 0. The highest BCUT2D eigenvalue weighted by molar-refractivity contribution is 5.81. The Kier molecular flexibility index (Phi) is 3.30. The van der Waals surface area contributed by atoms with Gasteiger partial charge in [-0.1, -0.05) is 0 Å². The summed E-state index contributed by atoms with van der Waals surface area (Å²) in [6, 6.07) is 0.625. The van der Waals surface area contributed by atoms with E-state index in [-0.39, 0.29) is 5.92 Å². The first-order chi connectivity index (χ1) is 8.63. The maximum atomic E-state index is 12.1. The largest absolute Gasteiger partial charge is 0.339 e. The normalized spacial score (nSPS) is 29.1. The van der Waals surface area contributed by atoms with Crippen LogP contribution in [-0.4, -0.2) is 98.0 Å². The summed E-state index contributed by atoms with van der Waals surface area (Å²) in [5.74, 6) is 0.668. The average Bonchev–Trinajstić information content (AvgIpc) is 2.25. The third-order valence-corrected chi connectivity index (χ3v) is 4.64. The molecule has 3 rings (SSSR count). The summed E-state index contributed by atoms with van der Waals surface area (Å²) in [5, 5.41) is 0. The van der Waals surface area contributed by atoms with Crippen molar-refractivity contribution < 1.29 is 4.79 Å². The number of hydrogen-bond acceptors (Lipinski definition) is 4. The highest BCUT2D eigenvalue weighted by Gasteiger charge is 2.40. The number of nitrogens with zero attached hydrogens (tertiary/aromatic N) is 4. The lowest BCUT2D eigenvalue weighted by atomic mass is 9.96. The molecular formula is C13H24N4O. The molecule has 3 fully saturated rings. The first kappa shape index (κ1) is 12.4. The van der Waals surface area contributed by atoms with Crippen LogP contribution in [0.5, 0.6) is 0 Å². The highest BCUT2D eigenvalue weighted by atomic mass is 16.2. The predicted molar refractivity (Wildman–Crippen MR) is 70.4 cm³/mol. The lowest BCUT2D eigenvalue weighted by molar-refractivity contribution is -0.148.